The van der Waals surface area contributed by atoms with Gasteiger partial charge in [0.15, 0.2) is 0 Å². The van der Waals surface area contributed by atoms with Crippen LogP contribution in [0.15, 0.2) is 48.6 Å². The van der Waals surface area contributed by atoms with Gasteiger partial charge in [-0.2, -0.15) is 17.0 Å². The number of carbonyl (C=O) groups excluding carboxylic acids is 2. The number of hydrogen-bond donors (Lipinski definition) is 2. The van der Waals surface area contributed by atoms with Crippen molar-refractivity contribution in [2.75, 3.05) is 58.3 Å². The number of amides is 2. The van der Waals surface area contributed by atoms with Gasteiger partial charge in [0.2, 0.25) is 15.9 Å². The fourth-order valence-corrected chi connectivity index (χ4v) is 10.6. The van der Waals surface area contributed by atoms with Crippen LogP contribution < -0.4 is 14.4 Å². The molecule has 1 unspecified atom stereocenters. The maximum Gasteiger partial charge on any atom is 0.281 e. The minimum atomic E-state index is -4.25. The first-order valence-electron chi connectivity index (χ1n) is 18.9. The molecule has 296 valence electrons. The molecule has 6 rings (SSSR count). The fourth-order valence-electron chi connectivity index (χ4n) is 7.86. The number of piperazine rings is 1. The molecule has 2 bridgehead atoms. The summed E-state index contributed by atoms with van der Waals surface area (Å²) in [6.07, 6.45) is 7.67. The Morgan fingerprint density at radius 3 is 2.52 bits per heavy atom. The summed E-state index contributed by atoms with van der Waals surface area (Å²) in [6.45, 7) is 2.32. The van der Waals surface area contributed by atoms with Gasteiger partial charge in [0.25, 0.3) is 16.1 Å². The maximum atomic E-state index is 13.9. The van der Waals surface area contributed by atoms with Crippen molar-refractivity contribution in [2.45, 2.75) is 75.7 Å². The zero-order valence-electron chi connectivity index (χ0n) is 31.0. The zero-order valence-corrected chi connectivity index (χ0v) is 33.4. The van der Waals surface area contributed by atoms with E-state index in [4.69, 9.17) is 16.3 Å². The Morgan fingerprint density at radius 1 is 1.02 bits per heavy atom. The molecule has 0 radical (unpaired) electrons. The van der Waals surface area contributed by atoms with Crippen LogP contribution in [0.1, 0.15) is 72.9 Å². The van der Waals surface area contributed by atoms with Crippen molar-refractivity contribution in [3.63, 3.8) is 0 Å². The van der Waals surface area contributed by atoms with Crippen LogP contribution in [0.2, 0.25) is 5.02 Å². The molecule has 1 saturated heterocycles. The van der Waals surface area contributed by atoms with Crippen LogP contribution in [-0.4, -0.2) is 112 Å². The molecule has 2 N–H and O–H groups in total. The van der Waals surface area contributed by atoms with E-state index in [9.17, 15) is 31.5 Å². The lowest BCUT2D eigenvalue weighted by atomic mass is 9.70. The van der Waals surface area contributed by atoms with E-state index in [1.54, 1.807) is 35.3 Å². The Hall–Kier alpha value is -3.21. The highest BCUT2D eigenvalue weighted by atomic mass is 35.5. The number of aliphatic hydroxyl groups excluding tert-OH is 1. The van der Waals surface area contributed by atoms with Crippen LogP contribution in [0.4, 0.5) is 5.69 Å². The fraction of sp³-hybridized carbons (Fsp3) is 0.579. The van der Waals surface area contributed by atoms with E-state index in [2.05, 4.69) is 9.62 Å². The van der Waals surface area contributed by atoms with Gasteiger partial charge in [-0.25, -0.2) is 13.1 Å². The van der Waals surface area contributed by atoms with Gasteiger partial charge in [0.05, 0.1) is 17.0 Å². The number of aryl methyl sites for hydroxylation is 1. The molecule has 16 heteroatoms. The number of hydrogen-bond acceptors (Lipinski definition) is 9. The van der Waals surface area contributed by atoms with Crippen LogP contribution in [-0.2, 0) is 38.1 Å². The van der Waals surface area contributed by atoms with Crippen LogP contribution in [0, 0.1) is 11.8 Å². The number of sulfonamides is 1. The summed E-state index contributed by atoms with van der Waals surface area (Å²) in [5.74, 6) is -0.206. The molecule has 54 heavy (non-hydrogen) atoms. The highest BCUT2D eigenvalue weighted by molar-refractivity contribution is 7.90. The third-order valence-electron chi connectivity index (χ3n) is 11.3. The van der Waals surface area contributed by atoms with E-state index in [0.29, 0.717) is 42.6 Å². The first-order chi connectivity index (χ1) is 25.7. The van der Waals surface area contributed by atoms with Crippen LogP contribution in [0.25, 0.3) is 0 Å². The van der Waals surface area contributed by atoms with Gasteiger partial charge in [0, 0.05) is 70.4 Å². The van der Waals surface area contributed by atoms with Crippen molar-refractivity contribution in [1.82, 2.24) is 18.2 Å². The number of benzene rings is 2. The minimum Gasteiger partial charge on any atom is -0.487 e. The summed E-state index contributed by atoms with van der Waals surface area (Å²) in [5.41, 5.74) is 3.03. The van der Waals surface area contributed by atoms with Gasteiger partial charge in [-0.05, 0) is 105 Å². The Bertz CT molecular complexity index is 1930. The number of allylic oxidation sites excluding steroid dienone is 1. The predicted octanol–water partition coefficient (Wildman–Crippen LogP) is 3.96. The lowest BCUT2D eigenvalue weighted by Gasteiger charge is -2.42. The molecular formula is C38H52ClN5O8S2. The molecule has 3 heterocycles. The highest BCUT2D eigenvalue weighted by Gasteiger charge is 2.37. The summed E-state index contributed by atoms with van der Waals surface area (Å²) in [7, 11) is -4.94. The van der Waals surface area contributed by atoms with E-state index < -0.39 is 37.5 Å². The third-order valence-corrected chi connectivity index (χ3v) is 15.3. The van der Waals surface area contributed by atoms with Gasteiger partial charge in [-0.15, -0.1) is 0 Å². The van der Waals surface area contributed by atoms with Crippen molar-refractivity contribution < 1.29 is 36.3 Å². The van der Waals surface area contributed by atoms with Crippen molar-refractivity contribution in [3.8, 4) is 5.75 Å². The van der Waals surface area contributed by atoms with Crippen molar-refractivity contribution >= 4 is 49.3 Å². The number of anilines is 1. The van der Waals surface area contributed by atoms with E-state index in [-0.39, 0.29) is 68.7 Å². The van der Waals surface area contributed by atoms with E-state index in [1.165, 1.54) is 18.4 Å². The molecule has 2 aromatic carbocycles. The van der Waals surface area contributed by atoms with Crippen molar-refractivity contribution in [2.24, 2.45) is 11.8 Å². The number of carbonyl (C=O) groups is 2. The van der Waals surface area contributed by atoms with E-state index >= 15 is 0 Å². The maximum absolute atomic E-state index is 13.9. The summed E-state index contributed by atoms with van der Waals surface area (Å²) >= 11 is 6.33. The minimum absolute atomic E-state index is 0.0305. The van der Waals surface area contributed by atoms with Crippen molar-refractivity contribution in [1.29, 1.82) is 0 Å². The molecule has 2 fully saturated rings. The molecule has 0 aromatic heterocycles. The third kappa shape index (κ3) is 9.42. The summed E-state index contributed by atoms with van der Waals surface area (Å²) < 4.78 is 64.0. The summed E-state index contributed by atoms with van der Waals surface area (Å²) in [4.78, 5) is 30.8. The van der Waals surface area contributed by atoms with Gasteiger partial charge < -0.3 is 19.6 Å². The van der Waals surface area contributed by atoms with Gasteiger partial charge in [-0.1, -0.05) is 29.8 Å². The number of nitrogens with one attached hydrogen (secondary N) is 1. The Kier molecular flexibility index (Phi) is 13.0. The number of halogens is 1. The average molecular weight is 806 g/mol. The van der Waals surface area contributed by atoms with Gasteiger partial charge in [-0.3, -0.25) is 9.59 Å². The number of rotatable bonds is 5. The lowest BCUT2D eigenvalue weighted by Crippen LogP contribution is -2.53. The average Bonchev–Trinajstić information content (AvgIpc) is 3.15. The number of aliphatic hydroxyl groups is 1. The molecular weight excluding hydrogens is 754 g/mol. The second-order valence-corrected chi connectivity index (χ2v) is 19.5. The Morgan fingerprint density at radius 2 is 1.80 bits per heavy atom. The Balaban J connectivity index is 1.23. The molecule has 3 aliphatic heterocycles. The quantitative estimate of drug-likeness (QED) is 0.428. The van der Waals surface area contributed by atoms with Crippen LogP contribution >= 0.6 is 11.6 Å². The second-order valence-electron chi connectivity index (χ2n) is 15.0. The number of nitrogens with zero attached hydrogens (tertiary/aromatic N) is 4. The lowest BCUT2D eigenvalue weighted by molar-refractivity contribution is -0.132. The molecule has 4 atom stereocenters. The smallest absolute Gasteiger partial charge is 0.281 e. The van der Waals surface area contributed by atoms with E-state index in [0.717, 1.165) is 47.5 Å². The molecule has 13 nitrogen and oxygen atoms in total. The first-order valence-corrected chi connectivity index (χ1v) is 22.2. The van der Waals surface area contributed by atoms with E-state index in [1.807, 2.05) is 18.2 Å². The largest absolute Gasteiger partial charge is 0.487 e. The van der Waals surface area contributed by atoms with Gasteiger partial charge in [0.1, 0.15) is 12.4 Å². The number of ether oxygens (including phenoxy) is 1. The zero-order chi connectivity index (χ0) is 38.6. The normalized spacial score (nSPS) is 26.3. The summed E-state index contributed by atoms with van der Waals surface area (Å²) in [5, 5.41) is 10.8. The second kappa shape index (κ2) is 17.3. The first kappa shape index (κ1) is 40.5. The predicted molar refractivity (Wildman–Crippen MR) is 208 cm³/mol. The number of fused-ring (bicyclic) bond motifs is 3. The SMILES string of the molecule is CN(C)S(=O)(=O)N1CCN(C(=O)CCC2CC/C=C/[C@H](O)[C@@H]3CC[C@H]3CN3CCCCc4cc(Cl)ccc4COc4ccc(cc43)C(=O)NS2(=O)=O)CC1. The topological polar surface area (TPSA) is 157 Å². The summed E-state index contributed by atoms with van der Waals surface area (Å²) in [6, 6.07) is 10.8. The Labute approximate surface area is 324 Å². The monoisotopic (exact) mass is 805 g/mol. The van der Waals surface area contributed by atoms with Crippen molar-refractivity contribution in [3.05, 3.63) is 70.3 Å². The molecule has 1 aliphatic carbocycles. The van der Waals surface area contributed by atoms with Crippen LogP contribution in [0.3, 0.4) is 0 Å². The van der Waals surface area contributed by atoms with Gasteiger partial charge >= 0.3 is 0 Å². The molecule has 0 spiro atoms. The standard InChI is InChI=1S/C38H52ClN5O8S2/c1-41(2)54(50,51)44-21-19-42(20-22-44)37(46)17-14-32-8-3-4-9-35(45)33-15-11-29(33)25-43-18-6-5-7-27-23-31(39)13-10-30(27)26-52-36-16-12-28(24-34(36)43)38(47)40-53(32,48)49/h4,9-10,12-13,16,23-24,29,32-33,35,45H,3,5-8,11,14-15,17-22,25-26H2,1-2H3,(H,40,47)/b9-4+/t29-,32?,33+,35-/m0/s1. The molecule has 2 amide bonds. The molecule has 4 aliphatic rings. The molecule has 1 saturated carbocycles. The highest BCUT2D eigenvalue weighted by Crippen LogP contribution is 2.41. The molecule has 2 aromatic rings. The van der Waals surface area contributed by atoms with Crippen LogP contribution in [0.5, 0.6) is 5.75 Å².